The summed E-state index contributed by atoms with van der Waals surface area (Å²) in [5.41, 5.74) is 3.84. The maximum atomic E-state index is 12.9. The van der Waals surface area contributed by atoms with Crippen LogP contribution in [0.5, 0.6) is 0 Å². The summed E-state index contributed by atoms with van der Waals surface area (Å²) in [6, 6.07) is 21.4. The van der Waals surface area contributed by atoms with Gasteiger partial charge in [0.1, 0.15) is 6.33 Å². The Morgan fingerprint density at radius 2 is 1.56 bits per heavy atom. The second-order valence-electron chi connectivity index (χ2n) is 8.34. The lowest BCUT2D eigenvalue weighted by molar-refractivity contribution is 0.102. The number of sulfonamides is 1. The number of piperazine rings is 1. The average molecular weight is 476 g/mol. The lowest BCUT2D eigenvalue weighted by Gasteiger charge is -2.31. The molecule has 1 N–H and O–H groups in total. The second kappa shape index (κ2) is 9.02. The minimum Gasteiger partial charge on any atom is -0.322 e. The lowest BCUT2D eigenvalue weighted by Crippen LogP contribution is -2.46. The molecule has 1 fully saturated rings. The summed E-state index contributed by atoms with van der Waals surface area (Å²) in [6.07, 6.45) is 1.76. The number of aromatic nitrogens is 2. The van der Waals surface area contributed by atoms with Crippen LogP contribution in [0.25, 0.3) is 16.7 Å². The number of anilines is 1. The number of fused-ring (bicyclic) bond motifs is 1. The number of likely N-dealkylation sites (N-methyl/N-ethyl adjacent to an activating group) is 1. The first kappa shape index (κ1) is 22.3. The summed E-state index contributed by atoms with van der Waals surface area (Å²) < 4.78 is 29.2. The molecule has 1 aromatic heterocycles. The molecule has 9 heteroatoms. The largest absolute Gasteiger partial charge is 0.322 e. The molecule has 1 aliphatic rings. The van der Waals surface area contributed by atoms with Crippen LogP contribution in [-0.4, -0.2) is 66.3 Å². The van der Waals surface area contributed by atoms with Crippen molar-refractivity contribution in [3.63, 3.8) is 0 Å². The number of nitrogens with zero attached hydrogens (tertiary/aromatic N) is 4. The maximum absolute atomic E-state index is 12.9. The molecule has 0 radical (unpaired) electrons. The normalized spacial score (nSPS) is 15.4. The number of carbonyl (C=O) groups is 1. The first-order valence-corrected chi connectivity index (χ1v) is 12.5. The van der Waals surface area contributed by atoms with E-state index in [9.17, 15) is 13.2 Å². The highest BCUT2D eigenvalue weighted by Gasteiger charge is 2.27. The Kier molecular flexibility index (Phi) is 5.91. The van der Waals surface area contributed by atoms with E-state index in [2.05, 4.69) is 15.2 Å². The predicted octanol–water partition coefficient (Wildman–Crippen LogP) is 3.21. The fraction of sp³-hybridized carbons (Fsp3) is 0.200. The highest BCUT2D eigenvalue weighted by atomic mass is 32.2. The molecule has 3 aromatic carbocycles. The Labute approximate surface area is 198 Å². The fourth-order valence-electron chi connectivity index (χ4n) is 4.03. The molecule has 0 spiro atoms. The second-order valence-corrected chi connectivity index (χ2v) is 10.3. The highest BCUT2D eigenvalue weighted by Crippen LogP contribution is 2.21. The zero-order valence-electron chi connectivity index (χ0n) is 18.8. The van der Waals surface area contributed by atoms with Crippen LogP contribution in [0.15, 0.2) is 84.0 Å². The van der Waals surface area contributed by atoms with Gasteiger partial charge < -0.3 is 10.2 Å². The molecule has 4 aromatic rings. The number of amides is 1. The summed E-state index contributed by atoms with van der Waals surface area (Å²) in [4.78, 5) is 19.5. The molecule has 0 unspecified atom stereocenters. The van der Waals surface area contributed by atoms with Gasteiger partial charge in [0.15, 0.2) is 0 Å². The fourth-order valence-corrected chi connectivity index (χ4v) is 5.45. The van der Waals surface area contributed by atoms with Crippen molar-refractivity contribution in [2.75, 3.05) is 38.5 Å². The van der Waals surface area contributed by atoms with Gasteiger partial charge in [0, 0.05) is 43.1 Å². The summed E-state index contributed by atoms with van der Waals surface area (Å²) in [5, 5.41) is 2.83. The minimum absolute atomic E-state index is 0.229. The van der Waals surface area contributed by atoms with Crippen molar-refractivity contribution in [3.8, 4) is 5.69 Å². The zero-order chi connectivity index (χ0) is 23.7. The van der Waals surface area contributed by atoms with Gasteiger partial charge in [0.25, 0.3) is 5.91 Å². The van der Waals surface area contributed by atoms with Gasteiger partial charge >= 0.3 is 0 Å². The number of para-hydroxylation sites is 2. The van der Waals surface area contributed by atoms with Gasteiger partial charge in [0.2, 0.25) is 10.0 Å². The van der Waals surface area contributed by atoms with Gasteiger partial charge in [-0.1, -0.05) is 12.1 Å². The molecule has 1 aliphatic heterocycles. The monoisotopic (exact) mass is 475 g/mol. The molecule has 0 saturated carbocycles. The first-order chi connectivity index (χ1) is 16.4. The van der Waals surface area contributed by atoms with E-state index in [4.69, 9.17) is 0 Å². The number of benzene rings is 3. The van der Waals surface area contributed by atoms with E-state index >= 15 is 0 Å². The molecule has 5 rings (SSSR count). The minimum atomic E-state index is -3.54. The number of nitrogens with one attached hydrogen (secondary N) is 1. The summed E-state index contributed by atoms with van der Waals surface area (Å²) in [7, 11) is -1.56. The van der Waals surface area contributed by atoms with Gasteiger partial charge in [0.05, 0.1) is 15.9 Å². The summed E-state index contributed by atoms with van der Waals surface area (Å²) in [6.45, 7) is 2.37. The topological polar surface area (TPSA) is 87.5 Å². The molecule has 0 bridgehead atoms. The Bertz CT molecular complexity index is 1420. The standard InChI is InChI=1S/C25H25N5O3S/c1-28-14-16-29(17-15-28)34(32,33)22-12-8-20(9-13-22)27-25(31)19-6-10-21(11-7-19)30-18-26-23-4-2-3-5-24(23)30/h2-13,18H,14-17H2,1H3,(H,27,31). The van der Waals surface area contributed by atoms with E-state index in [0.29, 0.717) is 37.4 Å². The molecule has 1 amide bonds. The van der Waals surface area contributed by atoms with Gasteiger partial charge in [-0.25, -0.2) is 13.4 Å². The zero-order valence-corrected chi connectivity index (χ0v) is 19.6. The SMILES string of the molecule is CN1CCN(S(=O)(=O)c2ccc(NC(=O)c3ccc(-n4cnc5ccccc54)cc3)cc2)CC1. The van der Waals surface area contributed by atoms with Gasteiger partial charge in [-0.3, -0.25) is 9.36 Å². The molecule has 1 saturated heterocycles. The van der Waals surface area contributed by atoms with E-state index in [1.807, 2.05) is 48.0 Å². The van der Waals surface area contributed by atoms with Crippen molar-refractivity contribution in [1.29, 1.82) is 0 Å². The number of carbonyl (C=O) groups excluding carboxylic acids is 1. The molecule has 174 valence electrons. The number of rotatable bonds is 5. The molecular formula is C25H25N5O3S. The van der Waals surface area contributed by atoms with Crippen molar-refractivity contribution < 1.29 is 13.2 Å². The third kappa shape index (κ3) is 4.33. The molecule has 0 aliphatic carbocycles. The molecule has 34 heavy (non-hydrogen) atoms. The third-order valence-corrected chi connectivity index (χ3v) is 7.99. The molecule has 8 nitrogen and oxygen atoms in total. The van der Waals surface area contributed by atoms with Gasteiger partial charge in [-0.15, -0.1) is 0 Å². The van der Waals surface area contributed by atoms with Gasteiger partial charge in [-0.2, -0.15) is 4.31 Å². The predicted molar refractivity (Wildman–Crippen MR) is 132 cm³/mol. The van der Waals surface area contributed by atoms with E-state index < -0.39 is 10.0 Å². The van der Waals surface area contributed by atoms with Crippen LogP contribution in [0, 0.1) is 0 Å². The Morgan fingerprint density at radius 1 is 0.882 bits per heavy atom. The number of imidazole rings is 1. The Hall–Kier alpha value is -3.53. The van der Waals surface area contributed by atoms with Crippen molar-refractivity contribution >= 4 is 32.7 Å². The first-order valence-electron chi connectivity index (χ1n) is 11.0. The smallest absolute Gasteiger partial charge is 0.255 e. The summed E-state index contributed by atoms with van der Waals surface area (Å²) in [5.74, 6) is -0.267. The van der Waals surface area contributed by atoms with E-state index in [1.54, 1.807) is 30.6 Å². The Morgan fingerprint density at radius 3 is 2.26 bits per heavy atom. The Balaban J connectivity index is 1.27. The van der Waals surface area contributed by atoms with E-state index in [1.165, 1.54) is 16.4 Å². The average Bonchev–Trinajstić information content (AvgIpc) is 3.29. The number of hydrogen-bond acceptors (Lipinski definition) is 5. The van der Waals surface area contributed by atoms with E-state index in [-0.39, 0.29) is 10.8 Å². The maximum Gasteiger partial charge on any atom is 0.255 e. The lowest BCUT2D eigenvalue weighted by atomic mass is 10.2. The number of hydrogen-bond donors (Lipinski definition) is 1. The van der Waals surface area contributed by atoms with Crippen molar-refractivity contribution in [1.82, 2.24) is 18.8 Å². The highest BCUT2D eigenvalue weighted by molar-refractivity contribution is 7.89. The molecular weight excluding hydrogens is 450 g/mol. The van der Waals surface area contributed by atoms with Crippen LogP contribution in [-0.2, 0) is 10.0 Å². The van der Waals surface area contributed by atoms with Crippen LogP contribution in [0.1, 0.15) is 10.4 Å². The van der Waals surface area contributed by atoms with Crippen molar-refractivity contribution in [3.05, 3.63) is 84.7 Å². The quantitative estimate of drug-likeness (QED) is 0.479. The van der Waals surface area contributed by atoms with Crippen molar-refractivity contribution in [2.45, 2.75) is 4.90 Å². The third-order valence-electron chi connectivity index (χ3n) is 6.07. The van der Waals surface area contributed by atoms with Crippen LogP contribution in [0.4, 0.5) is 5.69 Å². The van der Waals surface area contributed by atoms with Crippen LogP contribution in [0.2, 0.25) is 0 Å². The van der Waals surface area contributed by atoms with E-state index in [0.717, 1.165) is 16.7 Å². The van der Waals surface area contributed by atoms with Crippen LogP contribution < -0.4 is 5.32 Å². The molecule has 0 atom stereocenters. The van der Waals surface area contributed by atoms with Crippen molar-refractivity contribution in [2.24, 2.45) is 0 Å². The summed E-state index contributed by atoms with van der Waals surface area (Å²) >= 11 is 0. The van der Waals surface area contributed by atoms with Crippen LogP contribution >= 0.6 is 0 Å². The molecule has 2 heterocycles. The van der Waals surface area contributed by atoms with Gasteiger partial charge in [-0.05, 0) is 67.7 Å². The van der Waals surface area contributed by atoms with Crippen LogP contribution in [0.3, 0.4) is 0 Å².